The van der Waals surface area contributed by atoms with Crippen LogP contribution in [-0.2, 0) is 21.3 Å². The van der Waals surface area contributed by atoms with Gasteiger partial charge >= 0.3 is 6.03 Å². The van der Waals surface area contributed by atoms with Gasteiger partial charge in [0, 0.05) is 35.6 Å². The third-order valence-corrected chi connectivity index (χ3v) is 10.9. The Hall–Kier alpha value is -3.84. The minimum Gasteiger partial charge on any atom is -0.351 e. The zero-order chi connectivity index (χ0) is 32.7. The molecular formula is C32H41F2N7O3S. The van der Waals surface area contributed by atoms with Crippen molar-refractivity contribution in [3.8, 4) is 0 Å². The molecule has 1 fully saturated rings. The highest BCUT2D eigenvalue weighted by atomic mass is 32.2. The van der Waals surface area contributed by atoms with Crippen LogP contribution in [0.25, 0.3) is 0 Å². The van der Waals surface area contributed by atoms with Crippen LogP contribution in [0.3, 0.4) is 0 Å². The van der Waals surface area contributed by atoms with E-state index in [1.807, 2.05) is 13.8 Å². The maximum absolute atomic E-state index is 15.4. The zero-order valence-corrected chi connectivity index (χ0v) is 27.3. The molecule has 0 spiro atoms. The standard InChI is InChI=1S/C32H41F2N7O3S/c1-20(2)41-29-21(18-35-30(37-29)36-24-11-13-25(14-12-24)39(5)6)19-40(31(41)42)26-15-16-28(27(34)17-26)38-45(43,44)32(3,4)22-7-9-23(33)10-8-22/h7-10,15-18,20,24-25,38H,11-14,19H2,1-6H3,(H,35,36,37). The number of anilines is 4. The Bertz CT molecular complexity index is 1660. The van der Waals surface area contributed by atoms with Crippen molar-refractivity contribution in [1.29, 1.82) is 0 Å². The van der Waals surface area contributed by atoms with E-state index in [9.17, 15) is 17.6 Å². The zero-order valence-electron chi connectivity index (χ0n) is 26.5. The molecule has 3 aromatic rings. The summed E-state index contributed by atoms with van der Waals surface area (Å²) in [5, 5.41) is 3.45. The lowest BCUT2D eigenvalue weighted by atomic mass is 9.91. The van der Waals surface area contributed by atoms with Gasteiger partial charge in [0.25, 0.3) is 0 Å². The summed E-state index contributed by atoms with van der Waals surface area (Å²) < 4.78 is 56.3. The number of hydrogen-bond donors (Lipinski definition) is 2. The molecule has 0 radical (unpaired) electrons. The van der Waals surface area contributed by atoms with Crippen LogP contribution in [0.5, 0.6) is 0 Å². The molecule has 0 saturated heterocycles. The van der Waals surface area contributed by atoms with Crippen molar-refractivity contribution in [1.82, 2.24) is 14.9 Å². The van der Waals surface area contributed by atoms with Gasteiger partial charge in [-0.25, -0.2) is 27.0 Å². The fourth-order valence-electron chi connectivity index (χ4n) is 5.87. The Balaban J connectivity index is 1.35. The van der Waals surface area contributed by atoms with Crippen molar-refractivity contribution < 1.29 is 22.0 Å². The van der Waals surface area contributed by atoms with E-state index >= 15 is 4.39 Å². The molecule has 1 aromatic heterocycles. The number of nitrogens with zero attached hydrogens (tertiary/aromatic N) is 5. The van der Waals surface area contributed by atoms with Gasteiger partial charge in [0.1, 0.15) is 22.2 Å². The van der Waals surface area contributed by atoms with Crippen LogP contribution in [-0.4, -0.2) is 61.5 Å². The number of sulfonamides is 1. The quantitative estimate of drug-likeness (QED) is 0.292. The predicted octanol–water partition coefficient (Wildman–Crippen LogP) is 6.07. The summed E-state index contributed by atoms with van der Waals surface area (Å²) in [6, 6.07) is 9.23. The maximum atomic E-state index is 15.4. The van der Waals surface area contributed by atoms with Gasteiger partial charge in [0.05, 0.1) is 12.2 Å². The number of carbonyl (C=O) groups is 1. The molecule has 0 atom stereocenters. The molecule has 2 amide bonds. The molecule has 0 bridgehead atoms. The Morgan fingerprint density at radius 1 is 1.02 bits per heavy atom. The van der Waals surface area contributed by atoms with Crippen LogP contribution in [0.4, 0.5) is 36.7 Å². The summed E-state index contributed by atoms with van der Waals surface area (Å²) in [4.78, 5) is 28.3. The summed E-state index contributed by atoms with van der Waals surface area (Å²) in [6.07, 6.45) is 5.88. The van der Waals surface area contributed by atoms with Crippen LogP contribution in [0.2, 0.25) is 0 Å². The molecule has 242 valence electrons. The average molecular weight is 642 g/mol. The minimum absolute atomic E-state index is 0.119. The van der Waals surface area contributed by atoms with E-state index < -0.39 is 26.4 Å². The van der Waals surface area contributed by atoms with Crippen molar-refractivity contribution in [3.05, 3.63) is 71.4 Å². The summed E-state index contributed by atoms with van der Waals surface area (Å²) in [7, 11) is 0.0544. The van der Waals surface area contributed by atoms with E-state index in [2.05, 4.69) is 34.0 Å². The topological polar surface area (TPSA) is 111 Å². The monoisotopic (exact) mass is 641 g/mol. The Morgan fingerprint density at radius 3 is 2.29 bits per heavy atom. The Morgan fingerprint density at radius 2 is 1.69 bits per heavy atom. The fraction of sp³-hybridized carbons (Fsp3) is 0.469. The van der Waals surface area contributed by atoms with E-state index in [1.165, 1.54) is 55.1 Å². The number of amides is 2. The average Bonchev–Trinajstić information content (AvgIpc) is 2.98. The van der Waals surface area contributed by atoms with Crippen LogP contribution in [0, 0.1) is 11.6 Å². The Labute approximate surface area is 263 Å². The van der Waals surface area contributed by atoms with Gasteiger partial charge in [-0.05, 0) is 103 Å². The van der Waals surface area contributed by atoms with Crippen LogP contribution >= 0.6 is 0 Å². The normalized spacial score (nSPS) is 19.2. The van der Waals surface area contributed by atoms with E-state index in [1.54, 1.807) is 11.1 Å². The third-order valence-electron chi connectivity index (χ3n) is 8.83. The molecule has 2 aliphatic rings. The first-order valence-electron chi connectivity index (χ1n) is 15.2. The number of halogens is 2. The van der Waals surface area contributed by atoms with Crippen molar-refractivity contribution >= 4 is 39.2 Å². The van der Waals surface area contributed by atoms with Gasteiger partial charge in [-0.2, -0.15) is 4.98 Å². The second-order valence-electron chi connectivity index (χ2n) is 12.8. The fourth-order valence-corrected chi connectivity index (χ4v) is 7.02. The highest BCUT2D eigenvalue weighted by molar-refractivity contribution is 7.93. The number of aromatic nitrogens is 2. The van der Waals surface area contributed by atoms with E-state index in [0.717, 1.165) is 31.7 Å². The summed E-state index contributed by atoms with van der Waals surface area (Å²) in [6.45, 7) is 6.79. The molecule has 2 aromatic carbocycles. The highest BCUT2D eigenvalue weighted by Gasteiger charge is 2.38. The molecule has 13 heteroatoms. The molecule has 0 unspecified atom stereocenters. The van der Waals surface area contributed by atoms with Gasteiger partial charge < -0.3 is 10.2 Å². The summed E-state index contributed by atoms with van der Waals surface area (Å²) in [5.74, 6) is -0.353. The van der Waals surface area contributed by atoms with E-state index in [-0.39, 0.29) is 36.0 Å². The summed E-state index contributed by atoms with van der Waals surface area (Å²) >= 11 is 0. The van der Waals surface area contributed by atoms with Crippen LogP contribution in [0.1, 0.15) is 64.5 Å². The molecule has 2 N–H and O–H groups in total. The van der Waals surface area contributed by atoms with Crippen LogP contribution in [0.15, 0.2) is 48.7 Å². The number of urea groups is 1. The lowest BCUT2D eigenvalue weighted by Gasteiger charge is -2.38. The number of benzene rings is 2. The number of rotatable bonds is 9. The van der Waals surface area contributed by atoms with E-state index in [4.69, 9.17) is 4.98 Å². The van der Waals surface area contributed by atoms with Crippen molar-refractivity contribution in [2.45, 2.75) is 82.8 Å². The van der Waals surface area contributed by atoms with Crippen LogP contribution < -0.4 is 19.8 Å². The molecule has 1 aliphatic carbocycles. The first kappa shape index (κ1) is 32.6. The largest absolute Gasteiger partial charge is 0.351 e. The first-order chi connectivity index (χ1) is 21.2. The number of carbonyl (C=O) groups excluding carboxylic acids is 1. The molecular weight excluding hydrogens is 600 g/mol. The SMILES string of the molecule is CC(C)N1C(=O)N(c2ccc(NS(=O)(=O)C(C)(C)c3ccc(F)cc3)c(F)c2)Cc2cnc(NC3CCC(N(C)C)CC3)nc21. The second kappa shape index (κ2) is 12.5. The maximum Gasteiger partial charge on any atom is 0.330 e. The minimum atomic E-state index is -4.16. The molecule has 1 aliphatic heterocycles. The van der Waals surface area contributed by atoms with Crippen molar-refractivity contribution in [3.63, 3.8) is 0 Å². The van der Waals surface area contributed by atoms with Crippen molar-refractivity contribution in [2.75, 3.05) is 33.9 Å². The summed E-state index contributed by atoms with van der Waals surface area (Å²) in [5.41, 5.74) is 1.04. The lowest BCUT2D eigenvalue weighted by molar-refractivity contribution is 0.221. The predicted molar refractivity (Wildman–Crippen MR) is 173 cm³/mol. The molecule has 10 nitrogen and oxygen atoms in total. The molecule has 1 saturated carbocycles. The number of fused-ring (bicyclic) bond motifs is 1. The van der Waals surface area contributed by atoms with Gasteiger partial charge in [-0.1, -0.05) is 12.1 Å². The van der Waals surface area contributed by atoms with E-state index in [0.29, 0.717) is 28.9 Å². The number of hydrogen-bond acceptors (Lipinski definition) is 7. The van der Waals surface area contributed by atoms with Gasteiger partial charge in [-0.3, -0.25) is 14.5 Å². The highest BCUT2D eigenvalue weighted by Crippen LogP contribution is 2.36. The van der Waals surface area contributed by atoms with Gasteiger partial charge in [0.15, 0.2) is 0 Å². The van der Waals surface area contributed by atoms with Crippen molar-refractivity contribution in [2.24, 2.45) is 0 Å². The van der Waals surface area contributed by atoms with Gasteiger partial charge in [-0.15, -0.1) is 0 Å². The molecule has 2 heterocycles. The second-order valence-corrected chi connectivity index (χ2v) is 15.0. The lowest BCUT2D eigenvalue weighted by Crippen LogP contribution is -2.51. The molecule has 45 heavy (non-hydrogen) atoms. The number of nitrogens with one attached hydrogen (secondary N) is 2. The smallest absolute Gasteiger partial charge is 0.330 e. The third kappa shape index (κ3) is 6.60. The first-order valence-corrected chi connectivity index (χ1v) is 16.6. The Kier molecular flexibility index (Phi) is 9.05. The van der Waals surface area contributed by atoms with Gasteiger partial charge in [0.2, 0.25) is 16.0 Å². The molecule has 5 rings (SSSR count).